The standard InChI is InChI=1S/C37H42Cl2N5O5S/c1-22-6-4-8-31(48-3)27-12-9-25(27)18-44-20-37(15-5-7-23-16-26(38)11-13-29(23)37)21-49-32-14-10-24(17-30(32)44)34(45)42-50(47)36(22)40-35(46)28-19-43(2)41-33(28)39/h4,8,10-11,13-14,16-17,19,22,25,27,31,36H,5-7,9,12,15,18,20-21H2,1-3H3,(H,40,46)/q-1/b8-4+/t22-,25-,27+,31-,36?,37-/m0/s1. The number of amides is 2. The number of hydrogen-bond donors (Lipinski definition) is 1. The lowest BCUT2D eigenvalue weighted by Gasteiger charge is -2.46. The van der Waals surface area contributed by atoms with Crippen LogP contribution in [0.1, 0.15) is 70.9 Å². The van der Waals surface area contributed by atoms with Gasteiger partial charge in [-0.05, 0) is 103 Å². The van der Waals surface area contributed by atoms with Gasteiger partial charge in [0.2, 0.25) is 0 Å². The van der Waals surface area contributed by atoms with Gasteiger partial charge in [0.1, 0.15) is 5.75 Å². The zero-order valence-corrected chi connectivity index (χ0v) is 30.8. The summed E-state index contributed by atoms with van der Waals surface area (Å²) in [5.74, 6) is -0.146. The van der Waals surface area contributed by atoms with Crippen molar-refractivity contribution in [2.45, 2.75) is 62.3 Å². The number of allylic oxidation sites excluding steroid dienone is 1. The maximum Gasteiger partial charge on any atom is 0.254 e. The van der Waals surface area contributed by atoms with Crippen LogP contribution in [0.2, 0.25) is 10.2 Å². The molecule has 2 aliphatic carbocycles. The number of nitrogens with one attached hydrogen (secondary N) is 1. The Morgan fingerprint density at radius 3 is 2.76 bits per heavy atom. The van der Waals surface area contributed by atoms with E-state index in [4.69, 9.17) is 32.7 Å². The highest BCUT2D eigenvalue weighted by atomic mass is 35.5. The number of halogens is 2. The van der Waals surface area contributed by atoms with Crippen LogP contribution in [0.3, 0.4) is 0 Å². The molecule has 2 aliphatic heterocycles. The summed E-state index contributed by atoms with van der Waals surface area (Å²) < 4.78 is 32.1. The molecule has 1 spiro atoms. The third-order valence-electron chi connectivity index (χ3n) is 11.0. The number of hydrogen-bond acceptors (Lipinski definition) is 8. The molecule has 2 bridgehead atoms. The topological polar surface area (TPSA) is 115 Å². The Morgan fingerprint density at radius 2 is 2.02 bits per heavy atom. The first-order valence-electron chi connectivity index (χ1n) is 17.2. The second-order valence-electron chi connectivity index (χ2n) is 14.2. The Morgan fingerprint density at radius 1 is 1.18 bits per heavy atom. The van der Waals surface area contributed by atoms with E-state index in [0.29, 0.717) is 42.7 Å². The molecule has 50 heavy (non-hydrogen) atoms. The predicted octanol–water partition coefficient (Wildman–Crippen LogP) is 6.88. The van der Waals surface area contributed by atoms with Gasteiger partial charge in [0.25, 0.3) is 11.8 Å². The first-order valence-corrected chi connectivity index (χ1v) is 19.1. The molecular weight excluding hydrogens is 697 g/mol. The fourth-order valence-corrected chi connectivity index (χ4v) is 9.68. The first kappa shape index (κ1) is 35.0. The molecule has 0 saturated heterocycles. The molecule has 1 unspecified atom stereocenters. The van der Waals surface area contributed by atoms with Crippen LogP contribution >= 0.6 is 23.2 Å². The molecule has 7 rings (SSSR count). The first-order chi connectivity index (χ1) is 24.0. The summed E-state index contributed by atoms with van der Waals surface area (Å²) >= 11 is 12.6. The second kappa shape index (κ2) is 14.3. The molecule has 1 aromatic heterocycles. The van der Waals surface area contributed by atoms with Crippen LogP contribution in [0.25, 0.3) is 0 Å². The molecule has 10 nitrogen and oxygen atoms in total. The van der Waals surface area contributed by atoms with E-state index >= 15 is 0 Å². The van der Waals surface area contributed by atoms with Crippen LogP contribution in [-0.2, 0) is 38.4 Å². The van der Waals surface area contributed by atoms with E-state index in [1.165, 1.54) is 22.0 Å². The normalized spacial score (nSPS) is 29.1. The van der Waals surface area contributed by atoms with E-state index in [1.807, 2.05) is 31.2 Å². The summed E-state index contributed by atoms with van der Waals surface area (Å²) in [6.45, 7) is 3.88. The number of ether oxygens (including phenoxy) is 2. The monoisotopic (exact) mass is 738 g/mol. The van der Waals surface area contributed by atoms with Crippen molar-refractivity contribution in [2.24, 2.45) is 29.2 Å². The average molecular weight is 740 g/mol. The van der Waals surface area contributed by atoms with Gasteiger partial charge in [-0.15, -0.1) is 0 Å². The lowest BCUT2D eigenvalue weighted by molar-refractivity contribution is 0.0131. The van der Waals surface area contributed by atoms with Gasteiger partial charge in [0.05, 0.1) is 24.0 Å². The Labute approximate surface area is 304 Å². The molecule has 1 fully saturated rings. The number of benzene rings is 2. The highest BCUT2D eigenvalue weighted by molar-refractivity contribution is 7.75. The van der Waals surface area contributed by atoms with Crippen LogP contribution in [0.5, 0.6) is 5.75 Å². The molecule has 0 radical (unpaired) electrons. The molecule has 1 N–H and O–H groups in total. The number of aryl methyl sites for hydroxylation is 2. The van der Waals surface area contributed by atoms with Crippen molar-refractivity contribution in [3.05, 3.63) is 87.2 Å². The minimum atomic E-state index is -2.12. The average Bonchev–Trinajstić information content (AvgIpc) is 3.35. The van der Waals surface area contributed by atoms with Gasteiger partial charge in [-0.3, -0.25) is 14.3 Å². The van der Waals surface area contributed by atoms with E-state index in [-0.39, 0.29) is 28.2 Å². The molecule has 266 valence electrons. The molecule has 1 saturated carbocycles. The molecule has 3 aromatic rings. The van der Waals surface area contributed by atoms with Crippen molar-refractivity contribution >= 4 is 51.3 Å². The number of anilines is 1. The van der Waals surface area contributed by atoms with Crippen molar-refractivity contribution in [1.29, 1.82) is 0 Å². The lowest BCUT2D eigenvalue weighted by Crippen LogP contribution is -2.49. The number of aromatic nitrogens is 2. The smallest absolute Gasteiger partial charge is 0.254 e. The number of carbonyl (C=O) groups excluding carboxylic acids is 2. The van der Waals surface area contributed by atoms with Gasteiger partial charge in [-0.1, -0.05) is 48.3 Å². The van der Waals surface area contributed by atoms with Gasteiger partial charge in [-0.2, -0.15) is 15.7 Å². The van der Waals surface area contributed by atoms with Gasteiger partial charge < -0.3 is 28.3 Å². The van der Waals surface area contributed by atoms with E-state index in [9.17, 15) is 13.8 Å². The van der Waals surface area contributed by atoms with Crippen molar-refractivity contribution in [2.75, 3.05) is 31.7 Å². The summed E-state index contributed by atoms with van der Waals surface area (Å²) in [5, 5.41) is 6.67. The fourth-order valence-electron chi connectivity index (χ4n) is 8.13. The molecule has 2 aromatic carbocycles. The van der Waals surface area contributed by atoms with Gasteiger partial charge in [0.15, 0.2) is 5.15 Å². The minimum absolute atomic E-state index is 0.0292. The SMILES string of the molecule is CO[C@H]1/C=C/C[C@H](C)C(NC(=O)c2cn(C)nc2Cl)[S-](=O)=NC(=O)c2ccc3c(c2)N(C[C@@H]2CC[C@H]21)C[C@@]1(CCCc2cc(Cl)ccc21)CO3. The number of nitrogens with zero attached hydrogens (tertiary/aromatic N) is 4. The number of fused-ring (bicyclic) bond motifs is 4. The number of rotatable bonds is 3. The van der Waals surface area contributed by atoms with E-state index in [1.54, 1.807) is 20.2 Å². The molecule has 13 heteroatoms. The maximum absolute atomic E-state index is 13.9. The molecule has 6 atom stereocenters. The van der Waals surface area contributed by atoms with Crippen LogP contribution in [0.4, 0.5) is 5.69 Å². The lowest BCUT2D eigenvalue weighted by atomic mass is 9.68. The van der Waals surface area contributed by atoms with Gasteiger partial charge >= 0.3 is 0 Å². The zero-order valence-electron chi connectivity index (χ0n) is 28.4. The van der Waals surface area contributed by atoms with Gasteiger partial charge in [-0.25, -0.2) is 0 Å². The summed E-state index contributed by atoms with van der Waals surface area (Å²) in [4.78, 5) is 29.4. The number of carbonyl (C=O) groups is 2. The van der Waals surface area contributed by atoms with Crippen molar-refractivity contribution in [1.82, 2.24) is 15.1 Å². The zero-order chi connectivity index (χ0) is 35.2. The minimum Gasteiger partial charge on any atom is -0.490 e. The van der Waals surface area contributed by atoms with Crippen LogP contribution in [-0.4, -0.2) is 59.9 Å². The Hall–Kier alpha value is -3.38. The second-order valence-corrected chi connectivity index (χ2v) is 16.2. The highest BCUT2D eigenvalue weighted by Crippen LogP contribution is 2.47. The quantitative estimate of drug-likeness (QED) is 0.230. The summed E-state index contributed by atoms with van der Waals surface area (Å²) in [6, 6.07) is 11.5. The summed E-state index contributed by atoms with van der Waals surface area (Å²) in [6.07, 6.45) is 11.1. The molecule has 2 amide bonds. The Kier molecular flexibility index (Phi) is 10.0. The highest BCUT2D eigenvalue weighted by Gasteiger charge is 2.44. The molecular formula is C37H42Cl2N5O5S-. The summed E-state index contributed by atoms with van der Waals surface area (Å²) in [5.41, 5.74) is 3.55. The van der Waals surface area contributed by atoms with E-state index in [0.717, 1.165) is 49.4 Å². The van der Waals surface area contributed by atoms with Crippen molar-refractivity contribution in [3.63, 3.8) is 0 Å². The van der Waals surface area contributed by atoms with E-state index < -0.39 is 27.8 Å². The van der Waals surface area contributed by atoms with Crippen LogP contribution < -0.4 is 15.0 Å². The summed E-state index contributed by atoms with van der Waals surface area (Å²) in [7, 11) is 1.28. The maximum atomic E-state index is 13.9. The molecule has 3 heterocycles. The largest absolute Gasteiger partial charge is 0.490 e. The molecule has 4 aliphatic rings. The van der Waals surface area contributed by atoms with Crippen molar-refractivity contribution < 1.29 is 23.3 Å². The van der Waals surface area contributed by atoms with Crippen molar-refractivity contribution in [3.8, 4) is 5.75 Å². The van der Waals surface area contributed by atoms with Crippen LogP contribution in [0, 0.1) is 17.8 Å². The number of methoxy groups -OCH3 is 1. The predicted molar refractivity (Wildman–Crippen MR) is 194 cm³/mol. The van der Waals surface area contributed by atoms with E-state index in [2.05, 4.69) is 37.9 Å². The third kappa shape index (κ3) is 6.81. The Bertz CT molecular complexity index is 1930. The van der Waals surface area contributed by atoms with Gasteiger partial charge in [0, 0.05) is 49.4 Å². The van der Waals surface area contributed by atoms with Crippen LogP contribution in [0.15, 0.2) is 59.1 Å². The third-order valence-corrected chi connectivity index (χ3v) is 12.8. The Balaban J connectivity index is 1.28. The fraction of sp³-hybridized carbons (Fsp3) is 0.486.